The first-order valence-electron chi connectivity index (χ1n) is 6.71. The molecule has 2 unspecified atom stereocenters. The third-order valence-electron chi connectivity index (χ3n) is 4.12. The molecule has 0 aliphatic heterocycles. The van der Waals surface area contributed by atoms with Crippen LogP contribution in [0.15, 0.2) is 24.5 Å². The van der Waals surface area contributed by atoms with E-state index in [2.05, 4.69) is 31.1 Å². The molecule has 18 heavy (non-hydrogen) atoms. The van der Waals surface area contributed by atoms with Crippen LogP contribution in [-0.2, 0) is 4.79 Å². The number of pyridine rings is 1. The fraction of sp³-hybridized carbons (Fsp3) is 0.600. The van der Waals surface area contributed by atoms with Crippen molar-refractivity contribution in [2.45, 2.75) is 40.0 Å². The average Bonchev–Trinajstić information content (AvgIpc) is 2.28. The van der Waals surface area contributed by atoms with Gasteiger partial charge >= 0.3 is 0 Å². The van der Waals surface area contributed by atoms with E-state index in [0.29, 0.717) is 5.92 Å². The van der Waals surface area contributed by atoms with Gasteiger partial charge in [0.15, 0.2) is 0 Å². The molecule has 2 atom stereocenters. The van der Waals surface area contributed by atoms with E-state index in [1.54, 1.807) is 12.4 Å². The lowest BCUT2D eigenvalue weighted by molar-refractivity contribution is -0.127. The highest BCUT2D eigenvalue weighted by Gasteiger charge is 2.41. The second-order valence-corrected chi connectivity index (χ2v) is 6.06. The summed E-state index contributed by atoms with van der Waals surface area (Å²) in [6.07, 6.45) is 6.91. The maximum atomic E-state index is 12.5. The van der Waals surface area contributed by atoms with Gasteiger partial charge in [0.25, 0.3) is 0 Å². The first-order chi connectivity index (χ1) is 8.50. The first-order valence-corrected chi connectivity index (χ1v) is 6.71. The number of amides is 1. The number of hydrogen-bond acceptors (Lipinski definition) is 2. The zero-order valence-electron chi connectivity index (χ0n) is 11.4. The predicted octanol–water partition coefficient (Wildman–Crippen LogP) is 3.48. The van der Waals surface area contributed by atoms with Crippen LogP contribution in [0, 0.1) is 17.3 Å². The monoisotopic (exact) mass is 246 g/mol. The average molecular weight is 246 g/mol. The van der Waals surface area contributed by atoms with Crippen LogP contribution in [0.1, 0.15) is 40.0 Å². The fourth-order valence-electron chi connectivity index (χ4n) is 3.24. The Bertz CT molecular complexity index is 414. The molecule has 1 heterocycles. The number of aromatic nitrogens is 1. The van der Waals surface area contributed by atoms with Crippen molar-refractivity contribution in [3.05, 3.63) is 24.5 Å². The van der Waals surface area contributed by atoms with E-state index in [-0.39, 0.29) is 17.2 Å². The van der Waals surface area contributed by atoms with Gasteiger partial charge in [0, 0.05) is 24.0 Å². The molecule has 0 aromatic carbocycles. The number of carbonyl (C=O) groups excluding carboxylic acids is 1. The van der Waals surface area contributed by atoms with Crippen LogP contribution in [0.5, 0.6) is 0 Å². The van der Waals surface area contributed by atoms with E-state index in [1.165, 1.54) is 6.42 Å². The summed E-state index contributed by atoms with van der Waals surface area (Å²) in [7, 11) is 0. The SMILES string of the molecule is CC1CCCC(C)(C)C1C(=O)Nc1ccncc1. The Labute approximate surface area is 109 Å². The zero-order chi connectivity index (χ0) is 13.2. The Kier molecular flexibility index (Phi) is 3.69. The summed E-state index contributed by atoms with van der Waals surface area (Å²) in [5.74, 6) is 0.702. The molecule has 0 spiro atoms. The summed E-state index contributed by atoms with van der Waals surface area (Å²) < 4.78 is 0. The maximum Gasteiger partial charge on any atom is 0.228 e. The van der Waals surface area contributed by atoms with Gasteiger partial charge in [-0.1, -0.05) is 27.2 Å². The van der Waals surface area contributed by atoms with Crippen molar-refractivity contribution in [2.24, 2.45) is 17.3 Å². The van der Waals surface area contributed by atoms with Crippen molar-refractivity contribution in [3.63, 3.8) is 0 Å². The van der Waals surface area contributed by atoms with Crippen LogP contribution in [0.3, 0.4) is 0 Å². The molecule has 0 radical (unpaired) electrons. The second-order valence-electron chi connectivity index (χ2n) is 6.06. The van der Waals surface area contributed by atoms with Gasteiger partial charge in [-0.25, -0.2) is 0 Å². The molecule has 98 valence electrons. The Balaban J connectivity index is 2.12. The third kappa shape index (κ3) is 2.71. The topological polar surface area (TPSA) is 42.0 Å². The molecule has 3 heteroatoms. The van der Waals surface area contributed by atoms with Crippen LogP contribution in [-0.4, -0.2) is 10.9 Å². The lowest BCUT2D eigenvalue weighted by Gasteiger charge is -2.41. The Morgan fingerprint density at radius 3 is 2.67 bits per heavy atom. The number of rotatable bonds is 2. The first kappa shape index (κ1) is 13.1. The van der Waals surface area contributed by atoms with Gasteiger partial charge in [-0.3, -0.25) is 9.78 Å². The van der Waals surface area contributed by atoms with Gasteiger partial charge in [-0.15, -0.1) is 0 Å². The van der Waals surface area contributed by atoms with Gasteiger partial charge in [0.05, 0.1) is 0 Å². The minimum absolute atomic E-state index is 0.0920. The molecule has 1 N–H and O–H groups in total. The van der Waals surface area contributed by atoms with E-state index in [0.717, 1.165) is 18.5 Å². The third-order valence-corrected chi connectivity index (χ3v) is 4.12. The summed E-state index contributed by atoms with van der Waals surface area (Å²) >= 11 is 0. The lowest BCUT2D eigenvalue weighted by atomic mass is 9.64. The molecule has 1 fully saturated rings. The molecule has 1 amide bonds. The molecule has 1 aliphatic carbocycles. The highest BCUT2D eigenvalue weighted by atomic mass is 16.1. The van der Waals surface area contributed by atoms with Crippen LogP contribution in [0.4, 0.5) is 5.69 Å². The number of nitrogens with zero attached hydrogens (tertiary/aromatic N) is 1. The molecule has 1 saturated carbocycles. The number of carbonyl (C=O) groups is 1. The lowest BCUT2D eigenvalue weighted by Crippen LogP contribution is -2.42. The van der Waals surface area contributed by atoms with Crippen LogP contribution < -0.4 is 5.32 Å². The quantitative estimate of drug-likeness (QED) is 0.868. The van der Waals surface area contributed by atoms with Gasteiger partial charge in [0.1, 0.15) is 0 Å². The maximum absolute atomic E-state index is 12.5. The summed E-state index contributed by atoms with van der Waals surface area (Å²) in [4.78, 5) is 16.4. The van der Waals surface area contributed by atoms with Crippen molar-refractivity contribution < 1.29 is 4.79 Å². The molecule has 1 aromatic rings. The van der Waals surface area contributed by atoms with Crippen molar-refractivity contribution >= 4 is 11.6 Å². The van der Waals surface area contributed by atoms with Crippen molar-refractivity contribution in [1.29, 1.82) is 0 Å². The number of hydrogen-bond donors (Lipinski definition) is 1. The van der Waals surface area contributed by atoms with Crippen LogP contribution in [0.2, 0.25) is 0 Å². The van der Waals surface area contributed by atoms with E-state index >= 15 is 0 Å². The molecule has 0 saturated heterocycles. The molecule has 0 bridgehead atoms. The molecule has 3 nitrogen and oxygen atoms in total. The van der Waals surface area contributed by atoms with Crippen molar-refractivity contribution in [1.82, 2.24) is 4.98 Å². The van der Waals surface area contributed by atoms with E-state index < -0.39 is 0 Å². The van der Waals surface area contributed by atoms with E-state index in [4.69, 9.17) is 0 Å². The minimum atomic E-state index is 0.0920. The number of anilines is 1. The second kappa shape index (κ2) is 5.09. The largest absolute Gasteiger partial charge is 0.326 e. The van der Waals surface area contributed by atoms with Gasteiger partial charge in [-0.2, -0.15) is 0 Å². The van der Waals surface area contributed by atoms with Gasteiger partial charge < -0.3 is 5.32 Å². The van der Waals surface area contributed by atoms with Crippen LogP contribution in [0.25, 0.3) is 0 Å². The highest BCUT2D eigenvalue weighted by molar-refractivity contribution is 5.93. The van der Waals surface area contributed by atoms with E-state index in [9.17, 15) is 4.79 Å². The fourth-order valence-corrected chi connectivity index (χ4v) is 3.24. The predicted molar refractivity (Wildman–Crippen MR) is 73.2 cm³/mol. The summed E-state index contributed by atoms with van der Waals surface area (Å²) in [5, 5.41) is 3.02. The Morgan fingerprint density at radius 1 is 1.39 bits per heavy atom. The molecule has 1 aromatic heterocycles. The van der Waals surface area contributed by atoms with Gasteiger partial charge in [0.2, 0.25) is 5.91 Å². The summed E-state index contributed by atoms with van der Waals surface area (Å²) in [6.45, 7) is 6.61. The normalized spacial score (nSPS) is 26.6. The molecule has 2 rings (SSSR count). The molecular weight excluding hydrogens is 224 g/mol. The minimum Gasteiger partial charge on any atom is -0.326 e. The highest BCUT2D eigenvalue weighted by Crippen LogP contribution is 2.44. The summed E-state index contributed by atoms with van der Waals surface area (Å²) in [6, 6.07) is 3.66. The molecule has 1 aliphatic rings. The Hall–Kier alpha value is -1.38. The zero-order valence-corrected chi connectivity index (χ0v) is 11.4. The van der Waals surface area contributed by atoms with E-state index in [1.807, 2.05) is 12.1 Å². The van der Waals surface area contributed by atoms with Crippen LogP contribution >= 0.6 is 0 Å². The Morgan fingerprint density at radius 2 is 2.06 bits per heavy atom. The molecular formula is C15H22N2O. The number of nitrogens with one attached hydrogen (secondary N) is 1. The van der Waals surface area contributed by atoms with Crippen molar-refractivity contribution in [3.8, 4) is 0 Å². The van der Waals surface area contributed by atoms with Crippen molar-refractivity contribution in [2.75, 3.05) is 5.32 Å². The smallest absolute Gasteiger partial charge is 0.228 e. The standard InChI is InChI=1S/C15H22N2O/c1-11-5-4-8-15(2,3)13(11)14(18)17-12-6-9-16-10-7-12/h6-7,9-11,13H,4-5,8H2,1-3H3,(H,16,17,18). The summed E-state index contributed by atoms with van der Waals surface area (Å²) in [5.41, 5.74) is 0.929. The van der Waals surface area contributed by atoms with Gasteiger partial charge in [-0.05, 0) is 36.3 Å².